The Morgan fingerprint density at radius 2 is 1.81 bits per heavy atom. The van der Waals surface area contributed by atoms with Gasteiger partial charge in [0.25, 0.3) is 0 Å². The van der Waals surface area contributed by atoms with Gasteiger partial charge in [-0.15, -0.1) is 0 Å². The lowest BCUT2D eigenvalue weighted by Crippen LogP contribution is -2.41. The second-order valence-electron chi connectivity index (χ2n) is 9.19. The van der Waals surface area contributed by atoms with Crippen LogP contribution in [-0.2, 0) is 16.1 Å². The number of nitrogens with one attached hydrogen (secondary N) is 1. The molecule has 0 bridgehead atoms. The average molecular weight is 503 g/mol. The summed E-state index contributed by atoms with van der Waals surface area (Å²) in [6, 6.07) is 22.6. The highest BCUT2D eigenvalue weighted by molar-refractivity contribution is 6.29. The molecule has 0 aliphatic carbocycles. The average Bonchev–Trinajstić information content (AvgIpc) is 3.27. The van der Waals surface area contributed by atoms with Crippen LogP contribution in [0, 0.1) is 0 Å². The first-order chi connectivity index (χ1) is 17.7. The molecule has 1 N–H and O–H groups in total. The number of nitrogens with zero attached hydrogens (tertiary/aromatic N) is 3. The van der Waals surface area contributed by atoms with E-state index in [2.05, 4.69) is 74.5 Å². The summed E-state index contributed by atoms with van der Waals surface area (Å²) in [4.78, 5) is 19.8. The number of carbonyl (C=O) groups is 1. The molecule has 1 aliphatic rings. The minimum atomic E-state index is -0.139. The van der Waals surface area contributed by atoms with E-state index in [1.54, 1.807) is 12.3 Å². The number of rotatable bonds is 9. The molecule has 3 heterocycles. The van der Waals surface area contributed by atoms with Crippen LogP contribution in [0.25, 0.3) is 10.9 Å². The number of benzene rings is 2. The van der Waals surface area contributed by atoms with Crippen LogP contribution in [0.5, 0.6) is 0 Å². The van der Waals surface area contributed by atoms with Crippen LogP contribution in [0.3, 0.4) is 0 Å². The number of hydrogen-bond acceptors (Lipinski definition) is 4. The Bertz CT molecular complexity index is 1280. The number of hydrogen-bond donors (Lipinski definition) is 1. The van der Waals surface area contributed by atoms with E-state index in [1.165, 1.54) is 5.56 Å². The van der Waals surface area contributed by atoms with Crippen molar-refractivity contribution in [2.75, 3.05) is 39.4 Å². The Morgan fingerprint density at radius 3 is 2.58 bits per heavy atom. The minimum absolute atomic E-state index is 0.0306. The Balaban J connectivity index is 1.41. The third kappa shape index (κ3) is 5.95. The van der Waals surface area contributed by atoms with Gasteiger partial charge in [0, 0.05) is 68.4 Å². The molecule has 0 saturated carbocycles. The topological polar surface area (TPSA) is 59.4 Å². The molecule has 1 fully saturated rings. The van der Waals surface area contributed by atoms with Crippen molar-refractivity contribution < 1.29 is 9.53 Å². The molecule has 6 nitrogen and oxygen atoms in total. The Hall–Kier alpha value is -3.19. The maximum Gasteiger partial charge on any atom is 0.220 e. The second kappa shape index (κ2) is 11.7. The third-order valence-electron chi connectivity index (χ3n) is 6.79. The molecule has 1 atom stereocenters. The van der Waals surface area contributed by atoms with E-state index in [0.717, 1.165) is 61.4 Å². The number of amides is 1. The number of halogens is 1. The highest BCUT2D eigenvalue weighted by Crippen LogP contribution is 2.35. The summed E-state index contributed by atoms with van der Waals surface area (Å²) in [5.41, 5.74) is 4.48. The van der Waals surface area contributed by atoms with E-state index < -0.39 is 0 Å². The molecule has 0 spiro atoms. The van der Waals surface area contributed by atoms with E-state index in [4.69, 9.17) is 16.3 Å². The summed E-state index contributed by atoms with van der Waals surface area (Å²) in [6.07, 6.45) is 4.32. The summed E-state index contributed by atoms with van der Waals surface area (Å²) >= 11 is 6.09. The predicted octanol–water partition coefficient (Wildman–Crippen LogP) is 4.71. The lowest BCUT2D eigenvalue weighted by atomic mass is 9.89. The number of ether oxygens (including phenoxy) is 1. The van der Waals surface area contributed by atoms with Crippen molar-refractivity contribution in [2.45, 2.75) is 18.9 Å². The molecular formula is C29H31ClN4O2. The minimum Gasteiger partial charge on any atom is -0.379 e. The molecule has 1 amide bonds. The van der Waals surface area contributed by atoms with E-state index in [0.29, 0.717) is 18.1 Å². The van der Waals surface area contributed by atoms with Crippen molar-refractivity contribution in [1.82, 2.24) is 19.8 Å². The van der Waals surface area contributed by atoms with Crippen LogP contribution >= 0.6 is 11.6 Å². The van der Waals surface area contributed by atoms with Crippen LogP contribution < -0.4 is 5.32 Å². The molecule has 2 aromatic carbocycles. The van der Waals surface area contributed by atoms with E-state index in [-0.39, 0.29) is 11.8 Å². The zero-order valence-electron chi connectivity index (χ0n) is 20.3. The number of pyridine rings is 1. The van der Waals surface area contributed by atoms with Gasteiger partial charge in [0.15, 0.2) is 0 Å². The fraction of sp³-hybridized carbons (Fsp3) is 0.310. The summed E-state index contributed by atoms with van der Waals surface area (Å²) in [7, 11) is 0. The first-order valence-corrected chi connectivity index (χ1v) is 12.8. The van der Waals surface area contributed by atoms with E-state index in [9.17, 15) is 4.79 Å². The predicted molar refractivity (Wildman–Crippen MR) is 143 cm³/mol. The normalized spacial score (nSPS) is 15.1. The van der Waals surface area contributed by atoms with Crippen LogP contribution in [0.1, 0.15) is 29.0 Å². The van der Waals surface area contributed by atoms with Gasteiger partial charge in [-0.3, -0.25) is 9.69 Å². The highest BCUT2D eigenvalue weighted by atomic mass is 35.5. The van der Waals surface area contributed by atoms with Gasteiger partial charge in [-0.05, 0) is 28.8 Å². The quantitative estimate of drug-likeness (QED) is 0.337. The first kappa shape index (κ1) is 24.5. The first-order valence-electron chi connectivity index (χ1n) is 12.5. The van der Waals surface area contributed by atoms with Gasteiger partial charge in [0.1, 0.15) is 5.15 Å². The SMILES string of the molecule is O=C(C[C@@H](c1ccc(Cl)nc1)c1cn(Cc2ccccc2)c2ccccc12)NCCN1CCOCC1. The zero-order valence-corrected chi connectivity index (χ0v) is 21.0. The fourth-order valence-corrected chi connectivity index (χ4v) is 5.01. The molecule has 0 radical (unpaired) electrons. The van der Waals surface area contributed by atoms with Crippen molar-refractivity contribution in [2.24, 2.45) is 0 Å². The smallest absolute Gasteiger partial charge is 0.220 e. The highest BCUT2D eigenvalue weighted by Gasteiger charge is 2.23. The maximum atomic E-state index is 13.1. The molecule has 2 aromatic heterocycles. The number of carbonyl (C=O) groups excluding carboxylic acids is 1. The summed E-state index contributed by atoms with van der Waals surface area (Å²) in [6.45, 7) is 5.56. The Kier molecular flexibility index (Phi) is 7.96. The monoisotopic (exact) mass is 502 g/mol. The van der Waals surface area contributed by atoms with Crippen molar-refractivity contribution in [3.05, 3.63) is 101 Å². The van der Waals surface area contributed by atoms with Gasteiger partial charge >= 0.3 is 0 Å². The van der Waals surface area contributed by atoms with Gasteiger partial charge in [0.2, 0.25) is 5.91 Å². The van der Waals surface area contributed by atoms with Crippen molar-refractivity contribution in [3.8, 4) is 0 Å². The molecule has 36 heavy (non-hydrogen) atoms. The van der Waals surface area contributed by atoms with Crippen molar-refractivity contribution in [1.29, 1.82) is 0 Å². The number of morpholine rings is 1. The molecule has 5 rings (SSSR count). The molecule has 0 unspecified atom stereocenters. The van der Waals surface area contributed by atoms with Crippen molar-refractivity contribution >= 4 is 28.4 Å². The molecular weight excluding hydrogens is 472 g/mol. The van der Waals surface area contributed by atoms with Crippen LogP contribution in [0.2, 0.25) is 5.15 Å². The summed E-state index contributed by atoms with van der Waals surface area (Å²) in [5, 5.41) is 4.72. The van der Waals surface area contributed by atoms with Crippen molar-refractivity contribution in [3.63, 3.8) is 0 Å². The zero-order chi connectivity index (χ0) is 24.7. The standard InChI is InChI=1S/C29H31ClN4O2/c30-28-11-10-23(19-32-28)25(18-29(35)31-12-13-33-14-16-36-17-15-33)26-21-34(20-22-6-2-1-3-7-22)27-9-5-4-8-24(26)27/h1-11,19,21,25H,12-18,20H2,(H,31,35)/t25-/m0/s1. The van der Waals surface area contributed by atoms with Crippen LogP contribution in [0.4, 0.5) is 0 Å². The Labute approximate surface area is 216 Å². The van der Waals surface area contributed by atoms with Gasteiger partial charge in [-0.2, -0.15) is 0 Å². The Morgan fingerprint density at radius 1 is 1.03 bits per heavy atom. The fourth-order valence-electron chi connectivity index (χ4n) is 4.90. The van der Waals surface area contributed by atoms with Crippen LogP contribution in [0.15, 0.2) is 79.1 Å². The van der Waals surface area contributed by atoms with Gasteiger partial charge in [-0.25, -0.2) is 4.98 Å². The van der Waals surface area contributed by atoms with Gasteiger partial charge < -0.3 is 14.6 Å². The van der Waals surface area contributed by atoms with Gasteiger partial charge in [-0.1, -0.05) is 66.2 Å². The molecule has 186 valence electrons. The third-order valence-corrected chi connectivity index (χ3v) is 7.01. The molecule has 7 heteroatoms. The second-order valence-corrected chi connectivity index (χ2v) is 9.58. The maximum absolute atomic E-state index is 13.1. The summed E-state index contributed by atoms with van der Waals surface area (Å²) < 4.78 is 7.68. The van der Waals surface area contributed by atoms with Crippen LogP contribution in [-0.4, -0.2) is 59.8 Å². The lowest BCUT2D eigenvalue weighted by Gasteiger charge is -2.26. The largest absolute Gasteiger partial charge is 0.379 e. The number of para-hydroxylation sites is 1. The number of aromatic nitrogens is 2. The molecule has 1 saturated heterocycles. The number of fused-ring (bicyclic) bond motifs is 1. The molecule has 4 aromatic rings. The summed E-state index contributed by atoms with van der Waals surface area (Å²) in [5.74, 6) is -0.108. The van der Waals surface area contributed by atoms with E-state index >= 15 is 0 Å². The van der Waals surface area contributed by atoms with E-state index in [1.807, 2.05) is 12.1 Å². The lowest BCUT2D eigenvalue weighted by molar-refractivity contribution is -0.121. The molecule has 1 aliphatic heterocycles. The van der Waals surface area contributed by atoms with Gasteiger partial charge in [0.05, 0.1) is 13.2 Å².